The summed E-state index contributed by atoms with van der Waals surface area (Å²) in [4.78, 5) is 21.7. The van der Waals surface area contributed by atoms with Gasteiger partial charge in [0, 0.05) is 37.6 Å². The molecule has 3 aromatic rings. The van der Waals surface area contributed by atoms with E-state index in [1.807, 2.05) is 4.90 Å². The fourth-order valence-corrected chi connectivity index (χ4v) is 4.69. The van der Waals surface area contributed by atoms with Crippen molar-refractivity contribution in [3.63, 3.8) is 0 Å². The van der Waals surface area contributed by atoms with Crippen LogP contribution in [0.2, 0.25) is 0 Å². The predicted molar refractivity (Wildman–Crippen MR) is 130 cm³/mol. The molecule has 0 unspecified atom stereocenters. The Morgan fingerprint density at radius 1 is 1.17 bits per heavy atom. The third kappa shape index (κ3) is 5.24. The Hall–Kier alpha value is -3.38. The van der Waals surface area contributed by atoms with Gasteiger partial charge in [-0.3, -0.25) is 4.79 Å². The van der Waals surface area contributed by atoms with Crippen LogP contribution in [0.5, 0.6) is 0 Å². The lowest BCUT2D eigenvalue weighted by Crippen LogP contribution is -2.39. The number of halogens is 3. The fraction of sp³-hybridized carbons (Fsp3) is 0.458. The van der Waals surface area contributed by atoms with Crippen LogP contribution in [-0.2, 0) is 10.9 Å². The molecule has 2 aromatic heterocycles. The largest absolute Gasteiger partial charge is 0.418 e. The summed E-state index contributed by atoms with van der Waals surface area (Å²) in [5, 5.41) is 9.96. The molecule has 5 rings (SSSR count). The fourth-order valence-electron chi connectivity index (χ4n) is 4.69. The van der Waals surface area contributed by atoms with Crippen LogP contribution in [0.3, 0.4) is 0 Å². The Morgan fingerprint density at radius 3 is 2.72 bits per heavy atom. The molecule has 1 aromatic carbocycles. The summed E-state index contributed by atoms with van der Waals surface area (Å²) < 4.78 is 48.4. The molecule has 36 heavy (non-hydrogen) atoms. The maximum atomic E-state index is 13.9. The van der Waals surface area contributed by atoms with Gasteiger partial charge >= 0.3 is 6.18 Å². The molecule has 0 aliphatic carbocycles. The molecule has 0 spiro atoms. The first-order chi connectivity index (χ1) is 17.3. The van der Waals surface area contributed by atoms with Crippen LogP contribution in [0.25, 0.3) is 5.65 Å². The zero-order valence-corrected chi connectivity index (χ0v) is 19.9. The number of fused-ring (bicyclic) bond motifs is 1. The standard InChI is InChI=1S/C24H28F3N7O2/c1-32-7-2-3-16(15-32)29-21-6-8-34-22(31-21)18(14-28-34)23(35)30-20-5-4-17(13-19(20)24(25,26)27)33-9-11-36-12-10-33/h4-6,8,13-14,16H,2-3,7,9-12,15H2,1H3,(H,29,31)(H,30,35)/t16-/m1/s1. The first-order valence-electron chi connectivity index (χ1n) is 11.9. The molecule has 2 aliphatic rings. The number of likely N-dealkylation sites (tertiary alicyclic amines) is 1. The molecule has 2 aliphatic heterocycles. The SMILES string of the molecule is CN1CCC[C@@H](Nc2ccn3ncc(C(=O)Nc4ccc(N5CCOCC5)cc4C(F)(F)F)c3n2)C1. The van der Waals surface area contributed by atoms with Gasteiger partial charge in [0.15, 0.2) is 5.65 Å². The summed E-state index contributed by atoms with van der Waals surface area (Å²) in [6.07, 6.45) is 0.416. The second-order valence-corrected chi connectivity index (χ2v) is 9.17. The number of morpholine rings is 1. The monoisotopic (exact) mass is 503 g/mol. The molecule has 0 bridgehead atoms. The van der Waals surface area contributed by atoms with Crippen LogP contribution < -0.4 is 15.5 Å². The molecule has 0 radical (unpaired) electrons. The Bertz CT molecular complexity index is 1240. The molecule has 1 amide bonds. The average Bonchev–Trinajstić information content (AvgIpc) is 3.28. The number of benzene rings is 1. The number of carbonyl (C=O) groups is 1. The number of alkyl halides is 3. The minimum Gasteiger partial charge on any atom is -0.378 e. The topological polar surface area (TPSA) is 87.0 Å². The van der Waals surface area contributed by atoms with Crippen LogP contribution in [0.4, 0.5) is 30.4 Å². The highest BCUT2D eigenvalue weighted by Crippen LogP contribution is 2.38. The van der Waals surface area contributed by atoms with Crippen molar-refractivity contribution in [2.45, 2.75) is 25.1 Å². The predicted octanol–water partition coefficient (Wildman–Crippen LogP) is 3.34. The molecule has 2 N–H and O–H groups in total. The molecular weight excluding hydrogens is 475 g/mol. The van der Waals surface area contributed by atoms with Crippen molar-refractivity contribution in [3.05, 3.63) is 47.8 Å². The molecule has 4 heterocycles. The Labute approximate surface area is 206 Å². The highest BCUT2D eigenvalue weighted by Gasteiger charge is 2.35. The minimum absolute atomic E-state index is 0.0878. The molecular formula is C24H28F3N7O2. The molecule has 12 heteroatoms. The third-order valence-corrected chi connectivity index (χ3v) is 6.52. The third-order valence-electron chi connectivity index (χ3n) is 6.52. The van der Waals surface area contributed by atoms with E-state index >= 15 is 0 Å². The van der Waals surface area contributed by atoms with Crippen LogP contribution >= 0.6 is 0 Å². The number of amides is 1. The van der Waals surface area contributed by atoms with E-state index in [1.165, 1.54) is 16.8 Å². The van der Waals surface area contributed by atoms with E-state index in [9.17, 15) is 18.0 Å². The Kier molecular flexibility index (Phi) is 6.71. The zero-order valence-electron chi connectivity index (χ0n) is 19.9. The van der Waals surface area contributed by atoms with Gasteiger partial charge in [0.2, 0.25) is 0 Å². The number of aromatic nitrogens is 3. The van der Waals surface area contributed by atoms with Gasteiger partial charge < -0.3 is 25.2 Å². The second kappa shape index (κ2) is 9.94. The summed E-state index contributed by atoms with van der Waals surface area (Å²) in [5.41, 5.74) is -0.438. The van der Waals surface area contributed by atoms with Gasteiger partial charge in [-0.2, -0.15) is 18.3 Å². The number of nitrogens with zero attached hydrogens (tertiary/aromatic N) is 5. The van der Waals surface area contributed by atoms with E-state index in [-0.39, 0.29) is 22.9 Å². The number of nitrogens with one attached hydrogen (secondary N) is 2. The van der Waals surface area contributed by atoms with E-state index in [0.29, 0.717) is 37.8 Å². The number of piperidine rings is 1. The number of rotatable bonds is 5. The van der Waals surface area contributed by atoms with E-state index in [1.54, 1.807) is 18.3 Å². The van der Waals surface area contributed by atoms with E-state index in [0.717, 1.165) is 32.0 Å². The van der Waals surface area contributed by atoms with Crippen LogP contribution in [0.1, 0.15) is 28.8 Å². The summed E-state index contributed by atoms with van der Waals surface area (Å²) in [6.45, 7) is 3.84. The van der Waals surface area contributed by atoms with Crippen molar-refractivity contribution in [2.75, 3.05) is 62.0 Å². The normalized spacial score (nSPS) is 19.4. The van der Waals surface area contributed by atoms with Crippen molar-refractivity contribution in [3.8, 4) is 0 Å². The van der Waals surface area contributed by atoms with E-state index in [4.69, 9.17) is 4.74 Å². The maximum absolute atomic E-state index is 13.9. The number of ether oxygens (including phenoxy) is 1. The van der Waals surface area contributed by atoms with E-state index in [2.05, 4.69) is 32.7 Å². The van der Waals surface area contributed by atoms with Crippen LogP contribution in [0, 0.1) is 0 Å². The van der Waals surface area contributed by atoms with Gasteiger partial charge in [0.05, 0.1) is 30.7 Å². The maximum Gasteiger partial charge on any atom is 0.418 e. The quantitative estimate of drug-likeness (QED) is 0.552. The van der Waals surface area contributed by atoms with Crippen molar-refractivity contribution < 1.29 is 22.7 Å². The smallest absolute Gasteiger partial charge is 0.378 e. The highest BCUT2D eigenvalue weighted by atomic mass is 19.4. The summed E-state index contributed by atoms with van der Waals surface area (Å²) in [6, 6.07) is 5.92. The first kappa shape index (κ1) is 24.3. The molecule has 2 fully saturated rings. The van der Waals surface area contributed by atoms with Crippen molar-refractivity contribution >= 4 is 28.7 Å². The van der Waals surface area contributed by atoms with Gasteiger partial charge in [-0.1, -0.05) is 0 Å². The molecule has 192 valence electrons. The van der Waals surface area contributed by atoms with Gasteiger partial charge in [-0.15, -0.1) is 0 Å². The molecule has 1 atom stereocenters. The summed E-state index contributed by atoms with van der Waals surface area (Å²) >= 11 is 0. The van der Waals surface area contributed by atoms with Gasteiger partial charge in [0.25, 0.3) is 5.91 Å². The van der Waals surface area contributed by atoms with Crippen LogP contribution in [-0.4, -0.2) is 77.9 Å². The number of hydrogen-bond donors (Lipinski definition) is 2. The lowest BCUT2D eigenvalue weighted by atomic mass is 10.1. The van der Waals surface area contributed by atoms with Crippen LogP contribution in [0.15, 0.2) is 36.7 Å². The van der Waals surface area contributed by atoms with Crippen molar-refractivity contribution in [1.29, 1.82) is 0 Å². The lowest BCUT2D eigenvalue weighted by molar-refractivity contribution is -0.136. The van der Waals surface area contributed by atoms with Gasteiger partial charge in [-0.25, -0.2) is 9.50 Å². The summed E-state index contributed by atoms with van der Waals surface area (Å²) in [7, 11) is 2.06. The van der Waals surface area contributed by atoms with Gasteiger partial charge in [-0.05, 0) is 50.7 Å². The highest BCUT2D eigenvalue weighted by molar-refractivity contribution is 6.08. The van der Waals surface area contributed by atoms with E-state index < -0.39 is 17.6 Å². The second-order valence-electron chi connectivity index (χ2n) is 9.17. The number of hydrogen-bond acceptors (Lipinski definition) is 7. The zero-order chi connectivity index (χ0) is 25.3. The number of carbonyl (C=O) groups excluding carboxylic acids is 1. The Balaban J connectivity index is 1.38. The number of likely N-dealkylation sites (N-methyl/N-ethyl adjacent to an activating group) is 1. The molecule has 2 saturated heterocycles. The lowest BCUT2D eigenvalue weighted by Gasteiger charge is -2.30. The van der Waals surface area contributed by atoms with Crippen molar-refractivity contribution in [1.82, 2.24) is 19.5 Å². The number of anilines is 3. The average molecular weight is 504 g/mol. The molecule has 9 nitrogen and oxygen atoms in total. The summed E-state index contributed by atoms with van der Waals surface area (Å²) in [5.74, 6) is -0.125. The Morgan fingerprint density at radius 2 is 1.97 bits per heavy atom. The molecule has 0 saturated carbocycles. The minimum atomic E-state index is -4.64. The van der Waals surface area contributed by atoms with Gasteiger partial charge in [0.1, 0.15) is 11.4 Å². The first-order valence-corrected chi connectivity index (χ1v) is 11.9. The van der Waals surface area contributed by atoms with Crippen molar-refractivity contribution in [2.24, 2.45) is 0 Å².